The highest BCUT2D eigenvalue weighted by atomic mass is 16.5. The number of morpholine rings is 1. The Morgan fingerprint density at radius 2 is 2.07 bits per heavy atom. The fraction of sp³-hybridized carbons (Fsp3) is 0.400. The number of hydrogen-bond donors (Lipinski definition) is 1. The molecule has 7 nitrogen and oxygen atoms in total. The molecule has 1 fully saturated rings. The number of benzene rings is 1. The maximum absolute atomic E-state index is 12.7. The monoisotopic (exact) mass is 373 g/mol. The standard InChI is InChI=1S/C20H23NO6/c1-13-3-5-17(14(2)9-13)26-12-16-4-6-18(27-16)20(24)21-7-8-25-11-15(21)10-19(22)23/h3-6,9,15H,7-8,10-12H2,1-2H3,(H,22,23). The maximum atomic E-state index is 12.7. The number of carbonyl (C=O) groups excluding carboxylic acids is 1. The molecule has 1 aliphatic heterocycles. The van der Waals surface area contributed by atoms with Crippen molar-refractivity contribution in [1.29, 1.82) is 0 Å². The van der Waals surface area contributed by atoms with Gasteiger partial charge in [0.1, 0.15) is 18.1 Å². The smallest absolute Gasteiger partial charge is 0.305 e. The van der Waals surface area contributed by atoms with E-state index < -0.39 is 12.0 Å². The Morgan fingerprint density at radius 3 is 2.81 bits per heavy atom. The normalized spacial score (nSPS) is 17.0. The van der Waals surface area contributed by atoms with E-state index in [0.717, 1.165) is 16.9 Å². The van der Waals surface area contributed by atoms with E-state index in [2.05, 4.69) is 0 Å². The summed E-state index contributed by atoms with van der Waals surface area (Å²) in [6, 6.07) is 8.71. The molecule has 1 atom stereocenters. The molecule has 0 radical (unpaired) electrons. The number of carbonyl (C=O) groups is 2. The van der Waals surface area contributed by atoms with Crippen LogP contribution in [0, 0.1) is 13.8 Å². The molecule has 144 valence electrons. The van der Waals surface area contributed by atoms with Gasteiger partial charge in [0.2, 0.25) is 0 Å². The van der Waals surface area contributed by atoms with Crippen molar-refractivity contribution >= 4 is 11.9 Å². The zero-order chi connectivity index (χ0) is 19.4. The topological polar surface area (TPSA) is 89.2 Å². The van der Waals surface area contributed by atoms with Gasteiger partial charge in [-0.1, -0.05) is 17.7 Å². The van der Waals surface area contributed by atoms with E-state index in [-0.39, 0.29) is 31.3 Å². The number of nitrogens with zero attached hydrogens (tertiary/aromatic N) is 1. The van der Waals surface area contributed by atoms with Crippen molar-refractivity contribution < 1.29 is 28.6 Å². The third-order valence-corrected chi connectivity index (χ3v) is 4.47. The van der Waals surface area contributed by atoms with Crippen LogP contribution in [0.15, 0.2) is 34.7 Å². The van der Waals surface area contributed by atoms with E-state index >= 15 is 0 Å². The Balaban J connectivity index is 1.65. The fourth-order valence-corrected chi connectivity index (χ4v) is 3.11. The highest BCUT2D eigenvalue weighted by Gasteiger charge is 2.31. The van der Waals surface area contributed by atoms with Gasteiger partial charge in [-0.3, -0.25) is 9.59 Å². The lowest BCUT2D eigenvalue weighted by Crippen LogP contribution is -2.49. The second-order valence-corrected chi connectivity index (χ2v) is 6.65. The van der Waals surface area contributed by atoms with E-state index in [1.54, 1.807) is 12.1 Å². The molecule has 1 amide bonds. The number of ether oxygens (including phenoxy) is 2. The first-order valence-corrected chi connectivity index (χ1v) is 8.83. The van der Waals surface area contributed by atoms with Gasteiger partial charge in [0.15, 0.2) is 5.76 Å². The number of rotatable bonds is 6. The van der Waals surface area contributed by atoms with Crippen molar-refractivity contribution in [3.8, 4) is 5.75 Å². The predicted octanol–water partition coefficient (Wildman–Crippen LogP) is 2.79. The van der Waals surface area contributed by atoms with Crippen molar-refractivity contribution in [1.82, 2.24) is 4.90 Å². The molecule has 0 saturated carbocycles. The van der Waals surface area contributed by atoms with Crippen LogP contribution in [0.25, 0.3) is 0 Å². The number of carboxylic acids is 1. The van der Waals surface area contributed by atoms with Crippen LogP contribution in [0.1, 0.15) is 33.9 Å². The first-order valence-electron chi connectivity index (χ1n) is 8.83. The van der Waals surface area contributed by atoms with Gasteiger partial charge >= 0.3 is 5.97 Å². The largest absolute Gasteiger partial charge is 0.485 e. The van der Waals surface area contributed by atoms with Crippen molar-refractivity contribution in [2.75, 3.05) is 19.8 Å². The number of carboxylic acid groups (broad SMARTS) is 1. The van der Waals surface area contributed by atoms with Gasteiger partial charge in [-0.15, -0.1) is 0 Å². The Kier molecular flexibility index (Phi) is 5.81. The number of aliphatic carboxylic acids is 1. The summed E-state index contributed by atoms with van der Waals surface area (Å²) in [7, 11) is 0. The zero-order valence-corrected chi connectivity index (χ0v) is 15.4. The zero-order valence-electron chi connectivity index (χ0n) is 15.4. The van der Waals surface area contributed by atoms with Crippen LogP contribution in [-0.4, -0.2) is 47.7 Å². The molecule has 0 spiro atoms. The molecule has 7 heteroatoms. The molecule has 1 aliphatic rings. The highest BCUT2D eigenvalue weighted by Crippen LogP contribution is 2.22. The third-order valence-electron chi connectivity index (χ3n) is 4.47. The van der Waals surface area contributed by atoms with E-state index in [1.165, 1.54) is 4.90 Å². The Morgan fingerprint density at radius 1 is 1.26 bits per heavy atom. The number of aryl methyl sites for hydroxylation is 2. The fourth-order valence-electron chi connectivity index (χ4n) is 3.11. The molecule has 0 aliphatic carbocycles. The SMILES string of the molecule is Cc1ccc(OCc2ccc(C(=O)N3CCOCC3CC(=O)O)o2)c(C)c1. The van der Waals surface area contributed by atoms with Crippen LogP contribution in [0.2, 0.25) is 0 Å². The lowest BCUT2D eigenvalue weighted by molar-refractivity contribution is -0.139. The van der Waals surface area contributed by atoms with Crippen LogP contribution < -0.4 is 4.74 Å². The summed E-state index contributed by atoms with van der Waals surface area (Å²) in [4.78, 5) is 25.2. The van der Waals surface area contributed by atoms with Gasteiger partial charge in [0.25, 0.3) is 5.91 Å². The second-order valence-electron chi connectivity index (χ2n) is 6.65. The van der Waals surface area contributed by atoms with Crippen LogP contribution in [0.5, 0.6) is 5.75 Å². The van der Waals surface area contributed by atoms with Gasteiger partial charge in [-0.25, -0.2) is 0 Å². The molecule has 1 aromatic heterocycles. The van der Waals surface area contributed by atoms with Gasteiger partial charge in [-0.2, -0.15) is 0 Å². The Labute approximate surface area is 157 Å². The van der Waals surface area contributed by atoms with Gasteiger partial charge in [0, 0.05) is 6.54 Å². The first-order chi connectivity index (χ1) is 12.9. The third kappa shape index (κ3) is 4.68. The molecule has 0 bridgehead atoms. The minimum Gasteiger partial charge on any atom is -0.485 e. The van der Waals surface area contributed by atoms with Crippen molar-refractivity contribution in [3.05, 3.63) is 53.0 Å². The summed E-state index contributed by atoms with van der Waals surface area (Å²) < 4.78 is 16.7. The summed E-state index contributed by atoms with van der Waals surface area (Å²) in [5.41, 5.74) is 2.19. The van der Waals surface area contributed by atoms with Crippen LogP contribution in [0.3, 0.4) is 0 Å². The number of amides is 1. The molecular formula is C20H23NO6. The first kappa shape index (κ1) is 19.0. The summed E-state index contributed by atoms with van der Waals surface area (Å²) in [5, 5.41) is 9.02. The molecule has 2 heterocycles. The minimum absolute atomic E-state index is 0.158. The molecule has 1 N–H and O–H groups in total. The molecular weight excluding hydrogens is 350 g/mol. The van der Waals surface area contributed by atoms with Crippen LogP contribution >= 0.6 is 0 Å². The number of furan rings is 1. The summed E-state index contributed by atoms with van der Waals surface area (Å²) in [6.07, 6.45) is -0.158. The summed E-state index contributed by atoms with van der Waals surface area (Å²) >= 11 is 0. The van der Waals surface area contributed by atoms with Crippen molar-refractivity contribution in [2.24, 2.45) is 0 Å². The van der Waals surface area contributed by atoms with Crippen LogP contribution in [0.4, 0.5) is 0 Å². The average Bonchev–Trinajstić information content (AvgIpc) is 3.09. The predicted molar refractivity (Wildman–Crippen MR) is 96.9 cm³/mol. The molecule has 3 rings (SSSR count). The van der Waals surface area contributed by atoms with E-state index in [0.29, 0.717) is 18.9 Å². The Bertz CT molecular complexity index is 828. The van der Waals surface area contributed by atoms with Gasteiger partial charge in [-0.05, 0) is 37.6 Å². The average molecular weight is 373 g/mol. The van der Waals surface area contributed by atoms with Gasteiger partial charge in [0.05, 0.1) is 25.7 Å². The highest BCUT2D eigenvalue weighted by molar-refractivity contribution is 5.92. The van der Waals surface area contributed by atoms with E-state index in [1.807, 2.05) is 32.0 Å². The van der Waals surface area contributed by atoms with Crippen LogP contribution in [-0.2, 0) is 16.1 Å². The molecule has 2 aromatic rings. The van der Waals surface area contributed by atoms with Crippen molar-refractivity contribution in [2.45, 2.75) is 32.9 Å². The van der Waals surface area contributed by atoms with E-state index in [9.17, 15) is 9.59 Å². The number of hydrogen-bond acceptors (Lipinski definition) is 5. The maximum Gasteiger partial charge on any atom is 0.305 e. The lowest BCUT2D eigenvalue weighted by atomic mass is 10.1. The Hall–Kier alpha value is -2.80. The molecule has 1 unspecified atom stereocenters. The molecule has 1 saturated heterocycles. The van der Waals surface area contributed by atoms with Gasteiger partial charge < -0.3 is 23.9 Å². The minimum atomic E-state index is -0.967. The van der Waals surface area contributed by atoms with E-state index in [4.69, 9.17) is 19.0 Å². The molecule has 1 aromatic carbocycles. The van der Waals surface area contributed by atoms with Crippen molar-refractivity contribution in [3.63, 3.8) is 0 Å². The summed E-state index contributed by atoms with van der Waals surface area (Å²) in [5.74, 6) is 0.167. The lowest BCUT2D eigenvalue weighted by Gasteiger charge is -2.34. The summed E-state index contributed by atoms with van der Waals surface area (Å²) in [6.45, 7) is 5.13. The quantitative estimate of drug-likeness (QED) is 0.838. The molecule has 27 heavy (non-hydrogen) atoms. The second kappa shape index (κ2) is 8.26.